The fourth-order valence-electron chi connectivity index (χ4n) is 2.12. The molecule has 2 rings (SSSR count). The van der Waals surface area contributed by atoms with E-state index in [2.05, 4.69) is 14.5 Å². The Balaban J connectivity index is 1.79. The van der Waals surface area contributed by atoms with Gasteiger partial charge >= 0.3 is 0 Å². The highest BCUT2D eigenvalue weighted by molar-refractivity contribution is 4.93. The minimum absolute atomic E-state index is 0.737. The van der Waals surface area contributed by atoms with E-state index >= 15 is 0 Å². The first-order valence-corrected chi connectivity index (χ1v) is 6.40. The van der Waals surface area contributed by atoms with E-state index in [1.807, 2.05) is 12.4 Å². The van der Waals surface area contributed by atoms with Gasteiger partial charge in [-0.2, -0.15) is 0 Å². The van der Waals surface area contributed by atoms with Crippen LogP contribution in [0.25, 0.3) is 0 Å². The van der Waals surface area contributed by atoms with Crippen LogP contribution >= 0.6 is 0 Å². The molecule has 2 heterocycles. The van der Waals surface area contributed by atoms with Gasteiger partial charge in [0.05, 0.1) is 13.2 Å². The second-order valence-electron chi connectivity index (χ2n) is 4.38. The van der Waals surface area contributed by atoms with Gasteiger partial charge < -0.3 is 15.0 Å². The van der Waals surface area contributed by atoms with Crippen molar-refractivity contribution in [3.63, 3.8) is 0 Å². The number of ether oxygens (including phenoxy) is 1. The molecule has 0 atom stereocenters. The summed E-state index contributed by atoms with van der Waals surface area (Å²) in [5.74, 6) is 1.17. The summed E-state index contributed by atoms with van der Waals surface area (Å²) in [5.41, 5.74) is 5.53. The smallest absolute Gasteiger partial charge is 0.109 e. The van der Waals surface area contributed by atoms with E-state index in [0.717, 1.165) is 58.8 Å². The lowest BCUT2D eigenvalue weighted by molar-refractivity contribution is 0.0381. The van der Waals surface area contributed by atoms with Crippen molar-refractivity contribution in [2.45, 2.75) is 19.4 Å². The maximum absolute atomic E-state index is 5.53. The summed E-state index contributed by atoms with van der Waals surface area (Å²) in [4.78, 5) is 6.85. The van der Waals surface area contributed by atoms with Crippen LogP contribution in [0.2, 0.25) is 0 Å². The highest BCUT2D eigenvalue weighted by atomic mass is 16.5. The van der Waals surface area contributed by atoms with Crippen molar-refractivity contribution >= 4 is 0 Å². The molecule has 0 bridgehead atoms. The quantitative estimate of drug-likeness (QED) is 0.764. The molecule has 0 saturated carbocycles. The van der Waals surface area contributed by atoms with Crippen LogP contribution < -0.4 is 5.73 Å². The zero-order chi connectivity index (χ0) is 11.9. The molecule has 1 fully saturated rings. The minimum Gasteiger partial charge on any atom is -0.379 e. The highest BCUT2D eigenvalue weighted by Gasteiger charge is 2.11. The van der Waals surface area contributed by atoms with E-state index in [1.54, 1.807) is 0 Å². The van der Waals surface area contributed by atoms with Crippen molar-refractivity contribution in [2.75, 3.05) is 39.4 Å². The molecule has 1 saturated heterocycles. The number of imidazole rings is 1. The molecular weight excluding hydrogens is 216 g/mol. The van der Waals surface area contributed by atoms with Gasteiger partial charge in [0.15, 0.2) is 0 Å². The summed E-state index contributed by atoms with van der Waals surface area (Å²) in [6.07, 6.45) is 5.95. The lowest BCUT2D eigenvalue weighted by Crippen LogP contribution is -2.37. The minimum atomic E-state index is 0.737. The predicted molar refractivity (Wildman–Crippen MR) is 66.9 cm³/mol. The molecule has 0 unspecified atom stereocenters. The summed E-state index contributed by atoms with van der Waals surface area (Å²) >= 11 is 0. The van der Waals surface area contributed by atoms with Crippen LogP contribution in [0.5, 0.6) is 0 Å². The first kappa shape index (κ1) is 12.5. The first-order valence-electron chi connectivity index (χ1n) is 6.40. The second kappa shape index (κ2) is 6.74. The predicted octanol–water partition coefficient (Wildman–Crippen LogP) is 0.107. The van der Waals surface area contributed by atoms with Crippen molar-refractivity contribution in [1.82, 2.24) is 14.5 Å². The fraction of sp³-hybridized carbons (Fsp3) is 0.750. The van der Waals surface area contributed by atoms with Crippen molar-refractivity contribution in [1.29, 1.82) is 0 Å². The molecule has 17 heavy (non-hydrogen) atoms. The van der Waals surface area contributed by atoms with Gasteiger partial charge in [-0.1, -0.05) is 0 Å². The van der Waals surface area contributed by atoms with E-state index in [-0.39, 0.29) is 0 Å². The van der Waals surface area contributed by atoms with E-state index < -0.39 is 0 Å². The number of morpholine rings is 1. The van der Waals surface area contributed by atoms with Crippen LogP contribution in [-0.2, 0) is 17.7 Å². The van der Waals surface area contributed by atoms with E-state index in [1.165, 1.54) is 5.82 Å². The third-order valence-electron chi connectivity index (χ3n) is 3.16. The lowest BCUT2D eigenvalue weighted by atomic mass is 10.3. The number of hydrogen-bond acceptors (Lipinski definition) is 4. The molecule has 5 heteroatoms. The highest BCUT2D eigenvalue weighted by Crippen LogP contribution is 2.03. The molecule has 1 aliphatic rings. The van der Waals surface area contributed by atoms with Crippen LogP contribution in [0.1, 0.15) is 12.2 Å². The Bertz CT molecular complexity index is 320. The van der Waals surface area contributed by atoms with Crippen LogP contribution in [0.15, 0.2) is 12.4 Å². The Morgan fingerprint density at radius 2 is 2.12 bits per heavy atom. The average Bonchev–Trinajstić information content (AvgIpc) is 2.82. The molecule has 96 valence electrons. The molecule has 5 nitrogen and oxygen atoms in total. The number of aromatic nitrogens is 2. The first-order chi connectivity index (χ1) is 8.40. The van der Waals surface area contributed by atoms with E-state index in [9.17, 15) is 0 Å². The van der Waals surface area contributed by atoms with Gasteiger partial charge in [-0.15, -0.1) is 0 Å². The third kappa shape index (κ3) is 3.80. The van der Waals surface area contributed by atoms with Crippen LogP contribution in [-0.4, -0.2) is 53.8 Å². The molecule has 0 amide bonds. The van der Waals surface area contributed by atoms with E-state index in [0.29, 0.717) is 0 Å². The molecule has 0 aliphatic carbocycles. The second-order valence-corrected chi connectivity index (χ2v) is 4.38. The number of nitrogens with two attached hydrogens (primary N) is 1. The Morgan fingerprint density at radius 1 is 1.29 bits per heavy atom. The zero-order valence-electron chi connectivity index (χ0n) is 10.3. The molecule has 1 aliphatic heterocycles. The normalized spacial score (nSPS) is 17.5. The van der Waals surface area contributed by atoms with Crippen LogP contribution in [0.3, 0.4) is 0 Å². The Labute approximate surface area is 103 Å². The molecular formula is C12H22N4O. The summed E-state index contributed by atoms with van der Waals surface area (Å²) in [6.45, 7) is 6.61. The van der Waals surface area contributed by atoms with Crippen molar-refractivity contribution in [3.8, 4) is 0 Å². The maximum Gasteiger partial charge on any atom is 0.109 e. The summed E-state index contributed by atoms with van der Waals surface area (Å²) in [7, 11) is 0. The molecule has 1 aromatic heterocycles. The Hall–Kier alpha value is -0.910. The van der Waals surface area contributed by atoms with Crippen molar-refractivity contribution in [3.05, 3.63) is 18.2 Å². The summed E-state index contributed by atoms with van der Waals surface area (Å²) in [6, 6.07) is 0. The zero-order valence-corrected chi connectivity index (χ0v) is 10.3. The topological polar surface area (TPSA) is 56.3 Å². The Kier molecular flexibility index (Phi) is 4.97. The van der Waals surface area contributed by atoms with Gasteiger partial charge in [-0.3, -0.25) is 4.90 Å². The molecule has 1 aromatic rings. The third-order valence-corrected chi connectivity index (χ3v) is 3.16. The van der Waals surface area contributed by atoms with Gasteiger partial charge in [0.25, 0.3) is 0 Å². The van der Waals surface area contributed by atoms with Gasteiger partial charge in [0, 0.05) is 45.0 Å². The average molecular weight is 238 g/mol. The largest absolute Gasteiger partial charge is 0.379 e. The van der Waals surface area contributed by atoms with E-state index in [4.69, 9.17) is 10.5 Å². The number of aryl methyl sites for hydroxylation is 1. The van der Waals surface area contributed by atoms with Gasteiger partial charge in [-0.25, -0.2) is 4.98 Å². The standard InChI is InChI=1S/C12H22N4O/c13-3-1-5-16-7-4-14-12(16)2-6-15-8-10-17-11-9-15/h4,7H,1-3,5-6,8-11,13H2. The molecule has 0 spiro atoms. The summed E-state index contributed by atoms with van der Waals surface area (Å²) in [5, 5.41) is 0. The summed E-state index contributed by atoms with van der Waals surface area (Å²) < 4.78 is 7.55. The Morgan fingerprint density at radius 3 is 2.88 bits per heavy atom. The maximum atomic E-state index is 5.53. The lowest BCUT2D eigenvalue weighted by Gasteiger charge is -2.26. The fourth-order valence-corrected chi connectivity index (χ4v) is 2.12. The number of nitrogens with zero attached hydrogens (tertiary/aromatic N) is 3. The monoisotopic (exact) mass is 238 g/mol. The van der Waals surface area contributed by atoms with Crippen molar-refractivity contribution < 1.29 is 4.74 Å². The number of rotatable bonds is 6. The molecule has 2 N–H and O–H groups in total. The van der Waals surface area contributed by atoms with Gasteiger partial charge in [-0.05, 0) is 13.0 Å². The van der Waals surface area contributed by atoms with Crippen LogP contribution in [0, 0.1) is 0 Å². The number of hydrogen-bond donors (Lipinski definition) is 1. The van der Waals surface area contributed by atoms with Crippen molar-refractivity contribution in [2.24, 2.45) is 5.73 Å². The molecule has 0 aromatic carbocycles. The van der Waals surface area contributed by atoms with Crippen LogP contribution in [0.4, 0.5) is 0 Å². The van der Waals surface area contributed by atoms with Gasteiger partial charge in [0.2, 0.25) is 0 Å². The molecule has 0 radical (unpaired) electrons. The SMILES string of the molecule is NCCCn1ccnc1CCN1CCOCC1. The van der Waals surface area contributed by atoms with Gasteiger partial charge in [0.1, 0.15) is 5.82 Å².